The van der Waals surface area contributed by atoms with E-state index < -0.39 is 30.2 Å². The van der Waals surface area contributed by atoms with E-state index in [4.69, 9.17) is 23.6 Å². The topological polar surface area (TPSA) is 17.1 Å². The van der Waals surface area contributed by atoms with Crippen LogP contribution in [0.15, 0.2) is 437 Å². The van der Waals surface area contributed by atoms with Crippen molar-refractivity contribution in [3.05, 3.63) is 465 Å². The van der Waals surface area contributed by atoms with Crippen molar-refractivity contribution in [3.8, 4) is 33.4 Å². The van der Waals surface area contributed by atoms with E-state index in [1.54, 1.807) is 0 Å². The third-order valence-electron chi connectivity index (χ3n) is 27.2. The molecule has 19 aromatic carbocycles. The molecule has 0 unspecified atom stereocenters. The summed E-state index contributed by atoms with van der Waals surface area (Å²) in [6, 6.07) is 154. The molecule has 0 fully saturated rings. The molecule has 136 heavy (non-hydrogen) atoms. The first-order valence-corrected chi connectivity index (χ1v) is 62.4. The molecule has 0 amide bonds. The Bertz CT molecular complexity index is 7090. The maximum absolute atomic E-state index is 14.2. The van der Waals surface area contributed by atoms with Crippen LogP contribution in [0.3, 0.4) is 0 Å². The van der Waals surface area contributed by atoms with Gasteiger partial charge in [0, 0.05) is 38.6 Å². The third kappa shape index (κ3) is 18.4. The fourth-order valence-corrected chi connectivity index (χ4v) is 41.1. The molecule has 0 bridgehead atoms. The van der Waals surface area contributed by atoms with Crippen LogP contribution >= 0.6 is 30.2 Å². The average molecular weight is 2020 g/mol. The zero-order valence-corrected chi connectivity index (χ0v) is 89.9. The minimum atomic E-state index is -2.77. The van der Waals surface area contributed by atoms with Crippen LogP contribution in [0.25, 0.3) is 76.5 Å². The normalized spacial score (nSPS) is 13.7. The van der Waals surface area contributed by atoms with Crippen molar-refractivity contribution in [3.63, 3.8) is 0 Å². The van der Waals surface area contributed by atoms with E-state index in [0.29, 0.717) is 0 Å². The molecule has 676 valence electrons. The summed E-state index contributed by atoms with van der Waals surface area (Å²) in [7, 11) is -2.77. The van der Waals surface area contributed by atoms with Gasteiger partial charge in [0.25, 0.3) is 0 Å². The summed E-state index contributed by atoms with van der Waals surface area (Å²) in [4.78, 5) is 0. The third-order valence-corrected chi connectivity index (χ3v) is 54.3. The van der Waals surface area contributed by atoms with Gasteiger partial charge in [0.1, 0.15) is 0 Å². The van der Waals surface area contributed by atoms with Crippen LogP contribution in [0.5, 0.6) is 0 Å². The Morgan fingerprint density at radius 2 is 0.434 bits per heavy atom. The van der Waals surface area contributed by atoms with Crippen LogP contribution < -0.4 is 79.6 Å². The fourth-order valence-electron chi connectivity index (χ4n) is 19.3. The first kappa shape index (κ1) is 95.9. The van der Waals surface area contributed by atoms with Crippen LogP contribution in [0.2, 0.25) is 0 Å². The molecule has 0 aromatic heterocycles. The molecule has 10 heteroatoms. The second kappa shape index (κ2) is 38.1. The molecule has 0 spiro atoms. The summed E-state index contributed by atoms with van der Waals surface area (Å²) in [5.74, 6) is 0. The van der Waals surface area contributed by atoms with Crippen LogP contribution in [0.4, 0.5) is 0 Å². The number of fused-ring (bicyclic) bond motifs is 13. The van der Waals surface area contributed by atoms with Crippen LogP contribution in [0.1, 0.15) is 132 Å². The van der Waals surface area contributed by atoms with Crippen LogP contribution in [0, 0.1) is 0 Å². The van der Waals surface area contributed by atoms with Crippen molar-refractivity contribution in [2.75, 3.05) is 0 Å². The molecule has 0 N–H and O–H groups in total. The van der Waals surface area contributed by atoms with Gasteiger partial charge in [-0.25, -0.2) is 0 Å². The summed E-state index contributed by atoms with van der Waals surface area (Å²) in [5, 5.41) is 29.1. The first-order chi connectivity index (χ1) is 65.0. The predicted octanol–water partition coefficient (Wildman–Crippen LogP) is 27.4. The van der Waals surface area contributed by atoms with E-state index in [9.17, 15) is 4.57 Å². The Labute approximate surface area is 832 Å². The van der Waals surface area contributed by atoms with Gasteiger partial charge in [-0.15, -0.1) is 0 Å². The van der Waals surface area contributed by atoms with Gasteiger partial charge in [-0.1, -0.05) is 329 Å². The van der Waals surface area contributed by atoms with E-state index >= 15 is 0 Å². The van der Waals surface area contributed by atoms with Gasteiger partial charge in [-0.2, -0.15) is 0 Å². The monoisotopic (exact) mass is 2020 g/mol. The van der Waals surface area contributed by atoms with Gasteiger partial charge >= 0.3 is 351 Å². The van der Waals surface area contributed by atoms with E-state index in [-0.39, 0.29) is 27.1 Å². The van der Waals surface area contributed by atoms with Crippen molar-refractivity contribution in [2.24, 2.45) is 0 Å². The molecule has 0 radical (unpaired) electrons. The number of rotatable bonds is 9. The van der Waals surface area contributed by atoms with Gasteiger partial charge in [-0.05, 0) is 110 Å². The number of benzene rings is 19. The fraction of sp³-hybridized carbons (Fsp3) is 0.159. The van der Waals surface area contributed by atoms with E-state index in [1.807, 2.05) is 36.4 Å². The maximum atomic E-state index is 14.2. The summed E-state index contributed by atoms with van der Waals surface area (Å²) in [6.07, 6.45) is 0. The quantitative estimate of drug-likeness (QED) is 0.106. The molecule has 3 aliphatic rings. The summed E-state index contributed by atoms with van der Waals surface area (Å²) >= 11 is 20.5. The molecule has 0 aliphatic carbocycles. The standard InChI is InChI=1S/C30H27PS.C30H27PSe.C22H21OP.C22H21PS.C22H21PSe/c2*1-30(2,3)26-14-18-27(19-15-26)31(32,28-16-12-22-8-4-6-10-24(22)20-28)29-17-13-23-9-5-7-11-25(23)21-29;1-22(2,3)16-12-14-17(15-13-16)24(23)20-10-6-4-8-18(20)19-9-5-7-11-21(19)24;2*1-22(2,3)16-12-14-17(15-13-16)23(24)20-10-6-4-8-18(20)19-9-5-7-11-21(19)23/h2*4-21H,1-3H3;3*4-15H,1-3H3. The summed E-state index contributed by atoms with van der Waals surface area (Å²) < 4.78 is 14.2. The van der Waals surface area contributed by atoms with Crippen LogP contribution in [-0.2, 0) is 55.3 Å². The van der Waals surface area contributed by atoms with E-state index in [2.05, 4.69) is 534 Å². The average Bonchev–Trinajstić information content (AvgIpc) is 1.59. The summed E-state index contributed by atoms with van der Waals surface area (Å²) in [5.41, 5.74) is 11.5. The molecule has 1 nitrogen and oxygen atoms in total. The Morgan fingerprint density at radius 1 is 0.221 bits per heavy atom. The number of hydrogen-bond acceptors (Lipinski definition) is 3. The van der Waals surface area contributed by atoms with E-state index in [0.717, 1.165) is 27.0 Å². The Morgan fingerprint density at radius 3 is 0.743 bits per heavy atom. The van der Waals surface area contributed by atoms with Gasteiger partial charge in [0.2, 0.25) is 0 Å². The SMILES string of the molecule is CC(C)(C)c1ccc(P(=S)(c2ccc3ccccc3c2)c2ccc3ccccc3c2)cc1.CC(C)(C)c1ccc(P(=[Se])(c2ccc3ccccc3c2)c2ccc3ccccc3c2)cc1.CC(C)(C)c1ccc(P2(=O)c3ccccc3-c3ccccc32)cc1.CC(C)(C)c1ccc(P2(=S)c3ccccc3-c3ccccc32)cc1.CC(C)(C)c1ccc(P2(=[Se])c3ccccc3-c3ccccc32)cc1. The van der Waals surface area contributed by atoms with Gasteiger partial charge in [-0.3, -0.25) is 0 Å². The molecular formula is C126H117OP5S2Se2. The van der Waals surface area contributed by atoms with Crippen molar-refractivity contribution in [1.29, 1.82) is 0 Å². The second-order valence-corrected chi connectivity index (χ2v) is 65.1. The van der Waals surface area contributed by atoms with Crippen molar-refractivity contribution >= 4 is 207 Å². The number of hydrogen-bond donors (Lipinski definition) is 0. The van der Waals surface area contributed by atoms with Gasteiger partial charge in [0.05, 0.1) is 0 Å². The zero-order chi connectivity index (χ0) is 95.5. The molecule has 22 rings (SSSR count). The van der Waals surface area contributed by atoms with Crippen molar-refractivity contribution in [2.45, 2.75) is 131 Å². The molecule has 3 aliphatic heterocycles. The predicted molar refractivity (Wildman–Crippen MR) is 613 cm³/mol. The first-order valence-electron chi connectivity index (χ1n) is 47.1. The molecule has 0 saturated heterocycles. The molecule has 19 aromatic rings. The Kier molecular flexibility index (Phi) is 26.9. The van der Waals surface area contributed by atoms with Gasteiger partial charge < -0.3 is 4.57 Å². The van der Waals surface area contributed by atoms with Crippen LogP contribution in [-0.4, -0.2) is 30.2 Å². The van der Waals surface area contributed by atoms with Crippen molar-refractivity contribution < 1.29 is 4.57 Å². The van der Waals surface area contributed by atoms with Crippen molar-refractivity contribution in [1.82, 2.24) is 0 Å². The molecule has 0 saturated carbocycles. The Balaban J connectivity index is 0.000000114. The molecular weight excluding hydrogens is 1910 g/mol. The molecule has 3 heterocycles. The minimum absolute atomic E-state index is 0.0957. The van der Waals surface area contributed by atoms with Gasteiger partial charge in [0.15, 0.2) is 7.14 Å². The zero-order valence-electron chi connectivity index (χ0n) is 80.3. The molecule has 0 atom stereocenters. The van der Waals surface area contributed by atoms with E-state index in [1.165, 1.54) is 157 Å². The summed E-state index contributed by atoms with van der Waals surface area (Å²) in [6.45, 7) is 33.7. The second-order valence-electron chi connectivity index (χ2n) is 41.3. The Hall–Kier alpha value is -10.4.